The number of hydrogen-bond donors (Lipinski definition) is 1. The van der Waals surface area contributed by atoms with E-state index in [2.05, 4.69) is 39.1 Å². The number of hydrogen-bond acceptors (Lipinski definition) is 1. The molecule has 0 aromatic carbocycles. The van der Waals surface area contributed by atoms with Crippen LogP contribution in [0.4, 0.5) is 0 Å². The van der Waals surface area contributed by atoms with E-state index in [0.29, 0.717) is 5.92 Å². The second-order valence-electron chi connectivity index (χ2n) is 3.60. The second-order valence-corrected chi connectivity index (χ2v) is 3.60. The number of nitrogens with one attached hydrogen (secondary N) is 1. The molecule has 0 saturated carbocycles. The predicted octanol–water partition coefficient (Wildman–Crippen LogP) is 2.98. The third kappa shape index (κ3) is 6.41. The largest absolute Gasteiger partial charge is 0.313 e. The van der Waals surface area contributed by atoms with E-state index in [1.54, 1.807) is 5.57 Å². The van der Waals surface area contributed by atoms with Crippen LogP contribution >= 0.6 is 0 Å². The van der Waals surface area contributed by atoms with Crippen LogP contribution in [-0.2, 0) is 0 Å². The Morgan fingerprint density at radius 3 is 2.42 bits per heavy atom. The summed E-state index contributed by atoms with van der Waals surface area (Å²) in [6, 6.07) is 0. The van der Waals surface area contributed by atoms with Crippen LogP contribution in [0, 0.1) is 5.92 Å². The molecule has 0 rings (SSSR count). The van der Waals surface area contributed by atoms with Gasteiger partial charge in [0.15, 0.2) is 0 Å². The first-order chi connectivity index (χ1) is 5.70. The Bertz CT molecular complexity index is 125. The lowest BCUT2D eigenvalue weighted by Gasteiger charge is -2.07. The lowest BCUT2D eigenvalue weighted by atomic mass is 10.1. The highest BCUT2D eigenvalue weighted by Gasteiger charge is 1.94. The van der Waals surface area contributed by atoms with Gasteiger partial charge in [-0.2, -0.15) is 0 Å². The molecule has 1 nitrogen and oxygen atoms in total. The van der Waals surface area contributed by atoms with Crippen molar-refractivity contribution in [2.45, 2.75) is 40.5 Å². The summed E-state index contributed by atoms with van der Waals surface area (Å²) in [7, 11) is 0. The molecule has 1 N–H and O–H groups in total. The maximum absolute atomic E-state index is 3.42. The van der Waals surface area contributed by atoms with E-state index in [4.69, 9.17) is 0 Å². The first-order valence-electron chi connectivity index (χ1n) is 5.11. The fraction of sp³-hybridized carbons (Fsp3) is 0.818. The summed E-state index contributed by atoms with van der Waals surface area (Å²) in [4.78, 5) is 0. The minimum Gasteiger partial charge on any atom is -0.313 e. The Kier molecular flexibility index (Phi) is 7.17. The van der Waals surface area contributed by atoms with E-state index >= 15 is 0 Å². The van der Waals surface area contributed by atoms with Crippen LogP contribution in [0.5, 0.6) is 0 Å². The van der Waals surface area contributed by atoms with Gasteiger partial charge in [0.1, 0.15) is 0 Å². The zero-order valence-corrected chi connectivity index (χ0v) is 8.98. The highest BCUT2D eigenvalue weighted by Crippen LogP contribution is 2.04. The molecule has 0 aromatic heterocycles. The molecule has 0 spiro atoms. The number of allylic oxidation sites excluding steroid dienone is 1. The zero-order valence-electron chi connectivity index (χ0n) is 8.98. The van der Waals surface area contributed by atoms with Gasteiger partial charge in [0.2, 0.25) is 0 Å². The van der Waals surface area contributed by atoms with Gasteiger partial charge >= 0.3 is 0 Å². The van der Waals surface area contributed by atoms with Crippen LogP contribution in [0.25, 0.3) is 0 Å². The Morgan fingerprint density at radius 1 is 1.33 bits per heavy atom. The highest BCUT2D eigenvalue weighted by molar-refractivity contribution is 5.04. The van der Waals surface area contributed by atoms with E-state index < -0.39 is 0 Å². The summed E-state index contributed by atoms with van der Waals surface area (Å²) < 4.78 is 0. The average molecular weight is 169 g/mol. The van der Waals surface area contributed by atoms with Crippen molar-refractivity contribution in [1.82, 2.24) is 5.32 Å². The molecule has 0 fully saturated rings. The lowest BCUT2D eigenvalue weighted by molar-refractivity contribution is 0.693. The van der Waals surface area contributed by atoms with Crippen molar-refractivity contribution in [2.75, 3.05) is 13.1 Å². The third-order valence-corrected chi connectivity index (χ3v) is 1.80. The first-order valence-corrected chi connectivity index (χ1v) is 5.11. The summed E-state index contributed by atoms with van der Waals surface area (Å²) >= 11 is 0. The maximum Gasteiger partial charge on any atom is 0.0164 e. The molecule has 0 unspecified atom stereocenters. The van der Waals surface area contributed by atoms with E-state index in [0.717, 1.165) is 13.1 Å². The van der Waals surface area contributed by atoms with Gasteiger partial charge in [0.25, 0.3) is 0 Å². The van der Waals surface area contributed by atoms with Crippen molar-refractivity contribution < 1.29 is 0 Å². The van der Waals surface area contributed by atoms with E-state index in [1.807, 2.05) is 0 Å². The van der Waals surface area contributed by atoms with Crippen molar-refractivity contribution in [3.63, 3.8) is 0 Å². The van der Waals surface area contributed by atoms with Crippen molar-refractivity contribution in [1.29, 1.82) is 0 Å². The molecule has 0 aliphatic heterocycles. The molecule has 0 atom stereocenters. The molecule has 72 valence electrons. The minimum absolute atomic E-state index is 0.684. The fourth-order valence-electron chi connectivity index (χ4n) is 1.20. The summed E-state index contributed by atoms with van der Waals surface area (Å²) in [6.45, 7) is 11.1. The lowest BCUT2D eigenvalue weighted by Crippen LogP contribution is -2.17. The molecule has 1 heteroatoms. The number of rotatable bonds is 6. The summed E-state index contributed by atoms with van der Waals surface area (Å²) in [5.41, 5.74) is 1.54. The van der Waals surface area contributed by atoms with Gasteiger partial charge in [-0.3, -0.25) is 0 Å². The van der Waals surface area contributed by atoms with Crippen LogP contribution < -0.4 is 5.32 Å². The summed E-state index contributed by atoms with van der Waals surface area (Å²) in [5.74, 6) is 0.684. The van der Waals surface area contributed by atoms with Crippen LogP contribution in [-0.4, -0.2) is 13.1 Å². The van der Waals surface area contributed by atoms with Crippen molar-refractivity contribution in [2.24, 2.45) is 5.92 Å². The quantitative estimate of drug-likeness (QED) is 0.476. The Morgan fingerprint density at radius 2 is 2.00 bits per heavy atom. The molecule has 0 aliphatic carbocycles. The molecule has 12 heavy (non-hydrogen) atoms. The smallest absolute Gasteiger partial charge is 0.0164 e. The molecule has 0 radical (unpaired) electrons. The molecule has 0 bridgehead atoms. The SMILES string of the molecule is CCCNCC(=CC(C)C)CC. The van der Waals surface area contributed by atoms with Crippen LogP contribution in [0.2, 0.25) is 0 Å². The van der Waals surface area contributed by atoms with E-state index in [9.17, 15) is 0 Å². The normalized spacial score (nSPS) is 12.6. The Hall–Kier alpha value is -0.300. The molecule has 0 aliphatic rings. The van der Waals surface area contributed by atoms with Gasteiger partial charge in [0, 0.05) is 6.54 Å². The molecule has 0 heterocycles. The van der Waals surface area contributed by atoms with Crippen LogP contribution in [0.1, 0.15) is 40.5 Å². The Labute approximate surface area is 77.2 Å². The summed E-state index contributed by atoms with van der Waals surface area (Å²) in [6.07, 6.45) is 4.76. The fourth-order valence-corrected chi connectivity index (χ4v) is 1.20. The van der Waals surface area contributed by atoms with Crippen molar-refractivity contribution >= 4 is 0 Å². The Balaban J connectivity index is 3.67. The van der Waals surface area contributed by atoms with E-state index in [1.165, 1.54) is 12.8 Å². The second kappa shape index (κ2) is 7.35. The molecule has 0 amide bonds. The highest BCUT2D eigenvalue weighted by atomic mass is 14.8. The topological polar surface area (TPSA) is 12.0 Å². The molecule has 0 aromatic rings. The van der Waals surface area contributed by atoms with Gasteiger partial charge in [-0.15, -0.1) is 0 Å². The molecular formula is C11H23N. The van der Waals surface area contributed by atoms with E-state index in [-0.39, 0.29) is 0 Å². The van der Waals surface area contributed by atoms with Gasteiger partial charge in [-0.05, 0) is 25.3 Å². The monoisotopic (exact) mass is 169 g/mol. The first kappa shape index (κ1) is 11.7. The standard InChI is InChI=1S/C11H23N/c1-5-7-12-9-11(6-2)8-10(3)4/h8,10,12H,5-7,9H2,1-4H3. The average Bonchev–Trinajstić information content (AvgIpc) is 2.02. The van der Waals surface area contributed by atoms with Gasteiger partial charge in [0.05, 0.1) is 0 Å². The van der Waals surface area contributed by atoms with Crippen LogP contribution in [0.15, 0.2) is 11.6 Å². The maximum atomic E-state index is 3.42. The van der Waals surface area contributed by atoms with Gasteiger partial charge < -0.3 is 5.32 Å². The van der Waals surface area contributed by atoms with Crippen molar-refractivity contribution in [3.8, 4) is 0 Å². The molecule has 0 saturated heterocycles. The predicted molar refractivity (Wildman–Crippen MR) is 56.4 cm³/mol. The molecular weight excluding hydrogens is 146 g/mol. The third-order valence-electron chi connectivity index (χ3n) is 1.80. The van der Waals surface area contributed by atoms with Gasteiger partial charge in [-0.25, -0.2) is 0 Å². The van der Waals surface area contributed by atoms with Crippen molar-refractivity contribution in [3.05, 3.63) is 11.6 Å². The van der Waals surface area contributed by atoms with Crippen LogP contribution in [0.3, 0.4) is 0 Å². The summed E-state index contributed by atoms with van der Waals surface area (Å²) in [5, 5.41) is 3.42. The van der Waals surface area contributed by atoms with Gasteiger partial charge in [-0.1, -0.05) is 39.3 Å². The minimum atomic E-state index is 0.684. The zero-order chi connectivity index (χ0) is 9.40.